The van der Waals surface area contributed by atoms with Crippen LogP contribution in [0.25, 0.3) is 0 Å². The highest BCUT2D eigenvalue weighted by molar-refractivity contribution is 5.27. The molecule has 0 unspecified atom stereocenters. The van der Waals surface area contributed by atoms with E-state index < -0.39 is 0 Å². The van der Waals surface area contributed by atoms with Crippen molar-refractivity contribution in [3.05, 3.63) is 53.6 Å². The molecule has 1 saturated heterocycles. The highest BCUT2D eigenvalue weighted by Gasteiger charge is 2.21. The lowest BCUT2D eigenvalue weighted by Gasteiger charge is -2.33. The molecule has 0 aliphatic carbocycles. The number of benzene rings is 1. The van der Waals surface area contributed by atoms with Gasteiger partial charge in [0, 0.05) is 44.0 Å². The van der Waals surface area contributed by atoms with Crippen molar-refractivity contribution in [2.75, 3.05) is 26.8 Å². The fourth-order valence-corrected chi connectivity index (χ4v) is 3.15. The van der Waals surface area contributed by atoms with Crippen LogP contribution < -0.4 is 4.74 Å². The third-order valence-corrected chi connectivity index (χ3v) is 4.48. The Morgan fingerprint density at radius 1 is 1.16 bits per heavy atom. The number of methoxy groups -OCH3 is 1. The van der Waals surface area contributed by atoms with Crippen LogP contribution in [-0.2, 0) is 24.1 Å². The third kappa shape index (κ3) is 5.25. The highest BCUT2D eigenvalue weighted by atomic mass is 16.5. The molecule has 1 aliphatic heterocycles. The van der Waals surface area contributed by atoms with Crippen molar-refractivity contribution >= 4 is 0 Å². The lowest BCUT2D eigenvalue weighted by atomic mass is 10.1. The summed E-state index contributed by atoms with van der Waals surface area (Å²) >= 11 is 0. The maximum absolute atomic E-state index is 5.95. The fraction of sp³-hybridized carbons (Fsp3) is 0.500. The van der Waals surface area contributed by atoms with Crippen LogP contribution in [0.4, 0.5) is 0 Å². The second-order valence-electron chi connectivity index (χ2n) is 6.54. The van der Waals surface area contributed by atoms with Gasteiger partial charge in [0.15, 0.2) is 0 Å². The maximum Gasteiger partial charge on any atom is 0.128 e. The molecule has 0 bridgehead atoms. The van der Waals surface area contributed by atoms with Gasteiger partial charge in [-0.1, -0.05) is 19.1 Å². The molecule has 3 rings (SSSR count). The van der Waals surface area contributed by atoms with E-state index in [-0.39, 0.29) is 6.10 Å². The molecule has 2 aromatic rings. The summed E-state index contributed by atoms with van der Waals surface area (Å²) in [6.07, 6.45) is 7.10. The normalized spacial score (nSPS) is 18.2. The quantitative estimate of drug-likeness (QED) is 0.775. The third-order valence-electron chi connectivity index (χ3n) is 4.48. The first kappa shape index (κ1) is 17.8. The molecule has 134 valence electrons. The van der Waals surface area contributed by atoms with Gasteiger partial charge in [-0.2, -0.15) is 0 Å². The van der Waals surface area contributed by atoms with Gasteiger partial charge in [0.05, 0.1) is 19.8 Å². The van der Waals surface area contributed by atoms with E-state index in [1.807, 2.05) is 24.5 Å². The first-order chi connectivity index (χ1) is 12.3. The van der Waals surface area contributed by atoms with Gasteiger partial charge >= 0.3 is 0 Å². The first-order valence-electron chi connectivity index (χ1n) is 9.03. The molecule has 5 nitrogen and oxygen atoms in total. The van der Waals surface area contributed by atoms with Crippen molar-refractivity contribution in [3.8, 4) is 5.75 Å². The summed E-state index contributed by atoms with van der Waals surface area (Å²) in [5, 5.41) is 0. The summed E-state index contributed by atoms with van der Waals surface area (Å²) in [7, 11) is 1.69. The molecular formula is C20H27N3O2. The van der Waals surface area contributed by atoms with Crippen molar-refractivity contribution in [1.82, 2.24) is 14.9 Å². The molecular weight excluding hydrogens is 314 g/mol. The minimum atomic E-state index is 0.224. The first-order valence-corrected chi connectivity index (χ1v) is 9.03. The van der Waals surface area contributed by atoms with Crippen LogP contribution >= 0.6 is 0 Å². The van der Waals surface area contributed by atoms with Crippen LogP contribution in [0.5, 0.6) is 5.75 Å². The van der Waals surface area contributed by atoms with Crippen LogP contribution in [0, 0.1) is 0 Å². The second-order valence-corrected chi connectivity index (χ2v) is 6.54. The van der Waals surface area contributed by atoms with Crippen molar-refractivity contribution < 1.29 is 9.47 Å². The number of nitrogens with zero attached hydrogens (tertiary/aromatic N) is 3. The monoisotopic (exact) mass is 341 g/mol. The lowest BCUT2D eigenvalue weighted by Crippen LogP contribution is -2.42. The molecule has 0 saturated carbocycles. The van der Waals surface area contributed by atoms with E-state index in [4.69, 9.17) is 9.47 Å². The van der Waals surface area contributed by atoms with E-state index in [1.54, 1.807) is 7.11 Å². The fourth-order valence-electron chi connectivity index (χ4n) is 3.15. The van der Waals surface area contributed by atoms with E-state index in [0.717, 1.165) is 57.1 Å². The predicted molar refractivity (Wildman–Crippen MR) is 97.7 cm³/mol. The summed E-state index contributed by atoms with van der Waals surface area (Å²) in [5.41, 5.74) is 2.45. The second kappa shape index (κ2) is 8.92. The summed E-state index contributed by atoms with van der Waals surface area (Å²) in [6, 6.07) is 8.24. The van der Waals surface area contributed by atoms with Crippen molar-refractivity contribution in [1.29, 1.82) is 0 Å². The van der Waals surface area contributed by atoms with Gasteiger partial charge in [-0.15, -0.1) is 0 Å². The van der Waals surface area contributed by atoms with E-state index in [9.17, 15) is 0 Å². The Labute approximate surface area is 150 Å². The molecule has 25 heavy (non-hydrogen) atoms. The van der Waals surface area contributed by atoms with Gasteiger partial charge in [0.1, 0.15) is 11.6 Å². The van der Waals surface area contributed by atoms with Gasteiger partial charge in [-0.3, -0.25) is 4.90 Å². The largest absolute Gasteiger partial charge is 0.497 e. The number of hydrogen-bond donors (Lipinski definition) is 0. The number of ether oxygens (including phenoxy) is 2. The zero-order chi connectivity index (χ0) is 17.5. The standard InChI is InChI=1S/C20H27N3O2/c1-3-4-20-21-12-17(13-22-20)14-23-9-10-25-19(15-23)11-16-5-7-18(24-2)8-6-16/h5-8,12-13,19H,3-4,9-11,14-15H2,1-2H3/t19-/m1/s1. The Bertz CT molecular complexity index is 643. The van der Waals surface area contributed by atoms with Crippen molar-refractivity contribution in [2.45, 2.75) is 38.8 Å². The molecule has 1 aliphatic rings. The Balaban J connectivity index is 1.53. The minimum absolute atomic E-state index is 0.224. The molecule has 1 aromatic carbocycles. The smallest absolute Gasteiger partial charge is 0.128 e. The predicted octanol–water partition coefficient (Wildman–Crippen LogP) is 2.88. The van der Waals surface area contributed by atoms with Crippen LogP contribution in [0.3, 0.4) is 0 Å². The van der Waals surface area contributed by atoms with Gasteiger partial charge < -0.3 is 9.47 Å². The lowest BCUT2D eigenvalue weighted by molar-refractivity contribution is -0.0305. The summed E-state index contributed by atoms with van der Waals surface area (Å²) in [5.74, 6) is 1.83. The molecule has 0 radical (unpaired) electrons. The molecule has 5 heteroatoms. The summed E-state index contributed by atoms with van der Waals surface area (Å²) in [4.78, 5) is 11.3. The van der Waals surface area contributed by atoms with Gasteiger partial charge in [0.25, 0.3) is 0 Å². The van der Waals surface area contributed by atoms with Gasteiger partial charge in [-0.05, 0) is 30.5 Å². The van der Waals surface area contributed by atoms with E-state index in [2.05, 4.69) is 33.9 Å². The molecule has 0 spiro atoms. The van der Waals surface area contributed by atoms with Crippen LogP contribution in [-0.4, -0.2) is 47.8 Å². The molecule has 2 heterocycles. The number of rotatable bonds is 7. The van der Waals surface area contributed by atoms with Crippen LogP contribution in [0.1, 0.15) is 30.3 Å². The van der Waals surface area contributed by atoms with Crippen molar-refractivity contribution in [2.24, 2.45) is 0 Å². The highest BCUT2D eigenvalue weighted by Crippen LogP contribution is 2.17. The van der Waals surface area contributed by atoms with Crippen LogP contribution in [0.2, 0.25) is 0 Å². The number of aromatic nitrogens is 2. The van der Waals surface area contributed by atoms with E-state index in [1.165, 1.54) is 11.1 Å². The molecule has 1 atom stereocenters. The van der Waals surface area contributed by atoms with Crippen LogP contribution in [0.15, 0.2) is 36.7 Å². The molecule has 1 fully saturated rings. The summed E-state index contributed by atoms with van der Waals surface area (Å²) < 4.78 is 11.2. The minimum Gasteiger partial charge on any atom is -0.497 e. The zero-order valence-corrected chi connectivity index (χ0v) is 15.1. The van der Waals surface area contributed by atoms with Gasteiger partial charge in [-0.25, -0.2) is 9.97 Å². The Morgan fingerprint density at radius 3 is 2.60 bits per heavy atom. The van der Waals surface area contributed by atoms with Crippen molar-refractivity contribution in [3.63, 3.8) is 0 Å². The average molecular weight is 341 g/mol. The molecule has 1 aromatic heterocycles. The Morgan fingerprint density at radius 2 is 1.92 bits per heavy atom. The van der Waals surface area contributed by atoms with E-state index in [0.29, 0.717) is 0 Å². The average Bonchev–Trinajstić information content (AvgIpc) is 2.65. The zero-order valence-electron chi connectivity index (χ0n) is 15.1. The van der Waals surface area contributed by atoms with E-state index >= 15 is 0 Å². The SMILES string of the molecule is CCCc1ncc(CN2CCO[C@H](Cc3ccc(OC)cc3)C2)cn1. The maximum atomic E-state index is 5.95. The summed E-state index contributed by atoms with van der Waals surface area (Å²) in [6.45, 7) is 5.69. The molecule has 0 N–H and O–H groups in total. The number of aryl methyl sites for hydroxylation is 1. The Hall–Kier alpha value is -1.98. The number of hydrogen-bond acceptors (Lipinski definition) is 5. The number of morpholine rings is 1. The topological polar surface area (TPSA) is 47.5 Å². The Kier molecular flexibility index (Phi) is 6.36. The molecule has 0 amide bonds. The van der Waals surface area contributed by atoms with Gasteiger partial charge in [0.2, 0.25) is 0 Å².